The average Bonchev–Trinajstić information content (AvgIpc) is 3.44. The van der Waals surface area contributed by atoms with Gasteiger partial charge >= 0.3 is 0 Å². The SMILES string of the molecule is COc1c(C#N)ccc2c1CCOC2CN1CCN(C(=O)Cc2ccc(-n3cnnn3)cc2)CC1. The van der Waals surface area contributed by atoms with Crippen molar-refractivity contribution in [3.05, 3.63) is 65.0 Å². The smallest absolute Gasteiger partial charge is 0.227 e. The van der Waals surface area contributed by atoms with Crippen molar-refractivity contribution >= 4 is 5.91 Å². The van der Waals surface area contributed by atoms with Crippen molar-refractivity contribution in [2.45, 2.75) is 18.9 Å². The molecule has 1 amide bonds. The van der Waals surface area contributed by atoms with E-state index in [9.17, 15) is 10.1 Å². The molecule has 0 aliphatic carbocycles. The minimum absolute atomic E-state index is 0.0682. The number of carbonyl (C=O) groups excluding carboxylic acids is 1. The second kappa shape index (κ2) is 10.2. The molecular formula is C25H27N7O3. The molecule has 180 valence electrons. The minimum atomic E-state index is -0.0682. The summed E-state index contributed by atoms with van der Waals surface area (Å²) in [5.74, 6) is 0.799. The van der Waals surface area contributed by atoms with Crippen molar-refractivity contribution in [3.63, 3.8) is 0 Å². The van der Waals surface area contributed by atoms with Crippen LogP contribution in [0.15, 0.2) is 42.7 Å². The maximum Gasteiger partial charge on any atom is 0.227 e. The summed E-state index contributed by atoms with van der Waals surface area (Å²) in [6, 6.07) is 13.7. The quantitative estimate of drug-likeness (QED) is 0.530. The molecule has 10 heteroatoms. The number of nitriles is 1. The van der Waals surface area contributed by atoms with E-state index in [-0.39, 0.29) is 12.0 Å². The molecule has 0 spiro atoms. The number of methoxy groups -OCH3 is 1. The van der Waals surface area contributed by atoms with E-state index in [0.29, 0.717) is 37.4 Å². The highest BCUT2D eigenvalue weighted by atomic mass is 16.5. The van der Waals surface area contributed by atoms with Gasteiger partial charge in [-0.2, -0.15) is 5.26 Å². The van der Waals surface area contributed by atoms with Crippen LogP contribution < -0.4 is 4.74 Å². The number of nitrogens with zero attached hydrogens (tertiary/aromatic N) is 7. The van der Waals surface area contributed by atoms with Crippen LogP contribution in [0.3, 0.4) is 0 Å². The van der Waals surface area contributed by atoms with Gasteiger partial charge in [0, 0.05) is 38.3 Å². The van der Waals surface area contributed by atoms with Crippen LogP contribution >= 0.6 is 0 Å². The van der Waals surface area contributed by atoms with E-state index in [1.807, 2.05) is 41.3 Å². The second-order valence-corrected chi connectivity index (χ2v) is 8.71. The Morgan fingerprint density at radius 2 is 1.97 bits per heavy atom. The average molecular weight is 474 g/mol. The van der Waals surface area contributed by atoms with E-state index in [2.05, 4.69) is 26.5 Å². The number of piperazine rings is 1. The molecule has 1 atom stereocenters. The molecular weight excluding hydrogens is 446 g/mol. The maximum atomic E-state index is 12.9. The van der Waals surface area contributed by atoms with E-state index in [0.717, 1.165) is 48.4 Å². The molecule has 0 radical (unpaired) electrons. The summed E-state index contributed by atoms with van der Waals surface area (Å²) in [6.07, 6.45) is 2.58. The predicted octanol–water partition coefficient (Wildman–Crippen LogP) is 1.54. The third kappa shape index (κ3) is 4.87. The molecule has 0 N–H and O–H groups in total. The van der Waals surface area contributed by atoms with Gasteiger partial charge in [-0.3, -0.25) is 9.69 Å². The Morgan fingerprint density at radius 3 is 2.66 bits per heavy atom. The molecule has 3 aromatic rings. The van der Waals surface area contributed by atoms with Gasteiger partial charge in [-0.1, -0.05) is 18.2 Å². The molecule has 0 saturated carbocycles. The van der Waals surface area contributed by atoms with Crippen molar-refractivity contribution in [1.82, 2.24) is 30.0 Å². The van der Waals surface area contributed by atoms with Crippen molar-refractivity contribution < 1.29 is 14.3 Å². The zero-order chi connectivity index (χ0) is 24.2. The summed E-state index contributed by atoms with van der Waals surface area (Å²) in [4.78, 5) is 17.2. The van der Waals surface area contributed by atoms with E-state index >= 15 is 0 Å². The first kappa shape index (κ1) is 23.0. The van der Waals surface area contributed by atoms with Gasteiger partial charge in [0.2, 0.25) is 5.91 Å². The number of tetrazole rings is 1. The van der Waals surface area contributed by atoms with Crippen molar-refractivity contribution in [2.75, 3.05) is 46.4 Å². The Labute approximate surface area is 203 Å². The van der Waals surface area contributed by atoms with Crippen LogP contribution in [0.4, 0.5) is 0 Å². The first-order valence-electron chi connectivity index (χ1n) is 11.7. The summed E-state index contributed by atoms with van der Waals surface area (Å²) in [6.45, 7) is 4.34. The standard InChI is InChI=1S/C25H27N7O3/c1-34-25-19(15-26)4-7-21-22(25)8-13-35-23(21)16-30-9-11-31(12-10-30)24(33)14-18-2-5-20(6-3-18)32-17-27-28-29-32/h2-7,17,23H,8-14,16H2,1H3. The molecule has 2 aliphatic rings. The maximum absolute atomic E-state index is 12.9. The fourth-order valence-corrected chi connectivity index (χ4v) is 4.81. The van der Waals surface area contributed by atoms with Gasteiger partial charge in [0.05, 0.1) is 37.5 Å². The van der Waals surface area contributed by atoms with E-state index in [1.54, 1.807) is 11.8 Å². The third-order valence-electron chi connectivity index (χ3n) is 6.69. The van der Waals surface area contributed by atoms with Gasteiger partial charge in [-0.15, -0.1) is 5.10 Å². The highest BCUT2D eigenvalue weighted by Gasteiger charge is 2.29. The zero-order valence-corrected chi connectivity index (χ0v) is 19.6. The van der Waals surface area contributed by atoms with Gasteiger partial charge in [-0.25, -0.2) is 4.68 Å². The van der Waals surface area contributed by atoms with Crippen LogP contribution in [0.25, 0.3) is 5.69 Å². The van der Waals surface area contributed by atoms with E-state index in [4.69, 9.17) is 9.47 Å². The monoisotopic (exact) mass is 473 g/mol. The summed E-state index contributed by atoms with van der Waals surface area (Å²) in [5.41, 5.74) is 4.54. The van der Waals surface area contributed by atoms with Gasteiger partial charge in [0.25, 0.3) is 0 Å². The lowest BCUT2D eigenvalue weighted by molar-refractivity contribution is -0.132. The first-order valence-corrected chi connectivity index (χ1v) is 11.7. The summed E-state index contributed by atoms with van der Waals surface area (Å²) < 4.78 is 13.2. The van der Waals surface area contributed by atoms with Crippen LogP contribution in [0.1, 0.15) is 28.4 Å². The molecule has 1 fully saturated rings. The number of ether oxygens (including phenoxy) is 2. The van der Waals surface area contributed by atoms with Gasteiger partial charge in [-0.05, 0) is 46.2 Å². The molecule has 0 bridgehead atoms. The number of aromatic nitrogens is 4. The number of fused-ring (bicyclic) bond motifs is 1. The lowest BCUT2D eigenvalue weighted by atomic mass is 9.93. The summed E-state index contributed by atoms with van der Waals surface area (Å²) >= 11 is 0. The zero-order valence-electron chi connectivity index (χ0n) is 19.6. The Kier molecular flexibility index (Phi) is 6.70. The number of benzene rings is 2. The molecule has 5 rings (SSSR count). The molecule has 1 unspecified atom stereocenters. The molecule has 2 aliphatic heterocycles. The molecule has 10 nitrogen and oxygen atoms in total. The number of rotatable bonds is 6. The largest absolute Gasteiger partial charge is 0.495 e. The lowest BCUT2D eigenvalue weighted by Gasteiger charge is -2.38. The predicted molar refractivity (Wildman–Crippen MR) is 126 cm³/mol. The van der Waals surface area contributed by atoms with Gasteiger partial charge in [0.1, 0.15) is 18.1 Å². The molecule has 35 heavy (non-hydrogen) atoms. The topological polar surface area (TPSA) is 109 Å². The minimum Gasteiger partial charge on any atom is -0.495 e. The van der Waals surface area contributed by atoms with Gasteiger partial charge < -0.3 is 14.4 Å². The Bertz CT molecular complexity index is 1210. The lowest BCUT2D eigenvalue weighted by Crippen LogP contribution is -2.50. The fourth-order valence-electron chi connectivity index (χ4n) is 4.81. The third-order valence-corrected chi connectivity index (χ3v) is 6.69. The van der Waals surface area contributed by atoms with E-state index in [1.165, 1.54) is 6.33 Å². The van der Waals surface area contributed by atoms with Crippen molar-refractivity contribution in [2.24, 2.45) is 0 Å². The normalized spacial score (nSPS) is 18.1. The highest BCUT2D eigenvalue weighted by molar-refractivity contribution is 5.79. The van der Waals surface area contributed by atoms with Crippen molar-refractivity contribution in [1.29, 1.82) is 5.26 Å². The summed E-state index contributed by atoms with van der Waals surface area (Å²) in [7, 11) is 1.61. The summed E-state index contributed by atoms with van der Waals surface area (Å²) in [5, 5.41) is 20.5. The number of amides is 1. The first-order chi connectivity index (χ1) is 17.2. The molecule has 2 aromatic carbocycles. The van der Waals surface area contributed by atoms with Crippen LogP contribution in [-0.4, -0.2) is 82.4 Å². The number of hydrogen-bond acceptors (Lipinski definition) is 8. The van der Waals surface area contributed by atoms with Crippen LogP contribution in [0, 0.1) is 11.3 Å². The van der Waals surface area contributed by atoms with Crippen LogP contribution in [-0.2, 0) is 22.4 Å². The molecule has 1 saturated heterocycles. The second-order valence-electron chi connectivity index (χ2n) is 8.71. The Hall–Kier alpha value is -3.81. The number of hydrogen-bond donors (Lipinski definition) is 0. The number of carbonyl (C=O) groups is 1. The van der Waals surface area contributed by atoms with Crippen LogP contribution in [0.2, 0.25) is 0 Å². The highest BCUT2D eigenvalue weighted by Crippen LogP contribution is 2.36. The Balaban J connectivity index is 1.16. The van der Waals surface area contributed by atoms with Gasteiger partial charge in [0.15, 0.2) is 0 Å². The van der Waals surface area contributed by atoms with E-state index < -0.39 is 0 Å². The fraction of sp³-hybridized carbons (Fsp3) is 0.400. The molecule has 1 aromatic heterocycles. The van der Waals surface area contributed by atoms with Crippen molar-refractivity contribution in [3.8, 4) is 17.5 Å². The van der Waals surface area contributed by atoms with Crippen LogP contribution in [0.5, 0.6) is 5.75 Å². The molecule has 3 heterocycles. The Morgan fingerprint density at radius 1 is 1.17 bits per heavy atom.